The van der Waals surface area contributed by atoms with E-state index < -0.39 is 23.0 Å². The van der Waals surface area contributed by atoms with Crippen LogP contribution in [0.15, 0.2) is 12.1 Å². The molecule has 0 saturated heterocycles. The first-order valence-electron chi connectivity index (χ1n) is 5.48. The van der Waals surface area contributed by atoms with Crippen molar-refractivity contribution in [2.45, 2.75) is 32.8 Å². The molecule has 0 amide bonds. The maximum absolute atomic E-state index is 13.6. The zero-order chi connectivity index (χ0) is 13.0. The second-order valence-electron chi connectivity index (χ2n) is 4.06. The summed E-state index contributed by atoms with van der Waals surface area (Å²) in [5.41, 5.74) is -0.164. The summed E-state index contributed by atoms with van der Waals surface area (Å²) in [5, 5.41) is 0. The van der Waals surface area contributed by atoms with Crippen molar-refractivity contribution in [1.29, 1.82) is 0 Å². The van der Waals surface area contributed by atoms with Crippen LogP contribution < -0.4 is 0 Å². The predicted molar refractivity (Wildman–Crippen MR) is 61.1 cm³/mol. The summed E-state index contributed by atoms with van der Waals surface area (Å²) < 4.78 is 32.0. The van der Waals surface area contributed by atoms with Crippen LogP contribution in [-0.2, 0) is 4.74 Å². The van der Waals surface area contributed by atoms with Crippen molar-refractivity contribution in [2.24, 2.45) is 0 Å². The van der Waals surface area contributed by atoms with E-state index in [9.17, 15) is 13.6 Å². The molecule has 0 aliphatic carbocycles. The van der Waals surface area contributed by atoms with Crippen molar-refractivity contribution in [1.82, 2.24) is 0 Å². The summed E-state index contributed by atoms with van der Waals surface area (Å²) in [6.07, 6.45) is 0.420. The summed E-state index contributed by atoms with van der Waals surface area (Å²) >= 11 is 0. The van der Waals surface area contributed by atoms with Crippen LogP contribution in [0.25, 0.3) is 0 Å². The molecular weight excluding hydrogens is 226 g/mol. The van der Waals surface area contributed by atoms with Crippen LogP contribution in [0.4, 0.5) is 8.78 Å². The van der Waals surface area contributed by atoms with Gasteiger partial charge in [-0.3, -0.25) is 4.79 Å². The summed E-state index contributed by atoms with van der Waals surface area (Å²) in [5.74, 6) is -2.09. The molecule has 0 saturated carbocycles. The molecule has 0 radical (unpaired) electrons. The van der Waals surface area contributed by atoms with Crippen molar-refractivity contribution in [3.8, 4) is 0 Å². The fraction of sp³-hybridized carbons (Fsp3) is 0.462. The van der Waals surface area contributed by atoms with Gasteiger partial charge in [-0.1, -0.05) is 6.07 Å². The number of halogens is 2. The lowest BCUT2D eigenvalue weighted by atomic mass is 10.0. The van der Waals surface area contributed by atoms with Gasteiger partial charge < -0.3 is 4.74 Å². The Balaban J connectivity index is 2.86. The molecule has 0 aliphatic rings. The molecule has 0 fully saturated rings. The van der Waals surface area contributed by atoms with Crippen LogP contribution in [0.1, 0.15) is 35.7 Å². The van der Waals surface area contributed by atoms with Gasteiger partial charge in [-0.25, -0.2) is 8.78 Å². The van der Waals surface area contributed by atoms with Gasteiger partial charge >= 0.3 is 0 Å². The second kappa shape index (κ2) is 5.87. The molecule has 1 rings (SSSR count). The van der Waals surface area contributed by atoms with E-state index in [1.54, 1.807) is 6.92 Å². The maximum Gasteiger partial charge on any atom is 0.168 e. The van der Waals surface area contributed by atoms with Crippen LogP contribution in [0, 0.1) is 18.6 Å². The minimum atomic E-state index is -0.803. The molecule has 0 heterocycles. The fourth-order valence-corrected chi connectivity index (χ4v) is 1.49. The van der Waals surface area contributed by atoms with Gasteiger partial charge in [0, 0.05) is 13.5 Å². The average Bonchev–Trinajstić information content (AvgIpc) is 2.31. The summed E-state index contributed by atoms with van der Waals surface area (Å²) in [6.45, 7) is 3.31. The van der Waals surface area contributed by atoms with Crippen LogP contribution >= 0.6 is 0 Å². The Hall–Kier alpha value is -1.29. The summed E-state index contributed by atoms with van der Waals surface area (Å²) in [4.78, 5) is 11.7. The fourth-order valence-electron chi connectivity index (χ4n) is 1.49. The zero-order valence-electron chi connectivity index (χ0n) is 10.2. The third-order valence-corrected chi connectivity index (χ3v) is 2.74. The van der Waals surface area contributed by atoms with E-state index >= 15 is 0 Å². The maximum atomic E-state index is 13.6. The molecule has 1 unspecified atom stereocenters. The van der Waals surface area contributed by atoms with Gasteiger partial charge in [0.2, 0.25) is 0 Å². The van der Waals surface area contributed by atoms with Gasteiger partial charge in [0.1, 0.15) is 11.6 Å². The van der Waals surface area contributed by atoms with Crippen molar-refractivity contribution in [2.75, 3.05) is 7.11 Å². The van der Waals surface area contributed by atoms with E-state index in [1.165, 1.54) is 20.1 Å². The van der Waals surface area contributed by atoms with E-state index in [1.807, 2.05) is 0 Å². The average molecular weight is 242 g/mol. The molecule has 0 bridgehead atoms. The second-order valence-corrected chi connectivity index (χ2v) is 4.06. The number of aryl methyl sites for hydroxylation is 1. The highest BCUT2D eigenvalue weighted by Gasteiger charge is 2.19. The standard InChI is InChI=1S/C13H16F2O2/c1-8-4-6-10(14)12(13(8)15)11(16)7-5-9(2)17-3/h4,6,9H,5,7H2,1-3H3. The lowest BCUT2D eigenvalue weighted by Crippen LogP contribution is -2.12. The Morgan fingerprint density at radius 3 is 2.65 bits per heavy atom. The number of hydrogen-bond acceptors (Lipinski definition) is 2. The number of rotatable bonds is 5. The Morgan fingerprint density at radius 1 is 1.41 bits per heavy atom. The van der Waals surface area contributed by atoms with Gasteiger partial charge in [-0.15, -0.1) is 0 Å². The molecule has 1 atom stereocenters. The molecule has 17 heavy (non-hydrogen) atoms. The largest absolute Gasteiger partial charge is 0.382 e. The quantitative estimate of drug-likeness (QED) is 0.741. The topological polar surface area (TPSA) is 26.3 Å². The van der Waals surface area contributed by atoms with Gasteiger partial charge in [-0.05, 0) is 31.9 Å². The SMILES string of the molecule is COC(C)CCC(=O)c1c(F)ccc(C)c1F. The monoisotopic (exact) mass is 242 g/mol. The van der Waals surface area contributed by atoms with E-state index in [-0.39, 0.29) is 18.1 Å². The Bertz CT molecular complexity index is 416. The molecule has 2 nitrogen and oxygen atoms in total. The molecular formula is C13H16F2O2. The first-order chi connectivity index (χ1) is 7.97. The van der Waals surface area contributed by atoms with Gasteiger partial charge in [0.15, 0.2) is 5.78 Å². The first-order valence-corrected chi connectivity index (χ1v) is 5.48. The minimum Gasteiger partial charge on any atom is -0.382 e. The number of methoxy groups -OCH3 is 1. The number of ketones is 1. The third-order valence-electron chi connectivity index (χ3n) is 2.74. The van der Waals surface area contributed by atoms with Crippen molar-refractivity contribution < 1.29 is 18.3 Å². The number of Topliss-reactive ketones (excluding diaryl/α,β-unsaturated/α-hetero) is 1. The van der Waals surface area contributed by atoms with Crippen LogP contribution in [0.5, 0.6) is 0 Å². The highest BCUT2D eigenvalue weighted by molar-refractivity contribution is 5.96. The number of ether oxygens (including phenoxy) is 1. The molecule has 0 aliphatic heterocycles. The summed E-state index contributed by atoms with van der Waals surface area (Å²) in [7, 11) is 1.53. The van der Waals surface area contributed by atoms with Crippen LogP contribution in [0.3, 0.4) is 0 Å². The van der Waals surface area contributed by atoms with E-state index in [2.05, 4.69) is 0 Å². The lowest BCUT2D eigenvalue weighted by molar-refractivity contribution is 0.0871. The zero-order valence-corrected chi connectivity index (χ0v) is 10.2. The van der Waals surface area contributed by atoms with E-state index in [0.717, 1.165) is 6.07 Å². The molecule has 1 aromatic rings. The van der Waals surface area contributed by atoms with Gasteiger partial charge in [0.05, 0.1) is 11.7 Å². The van der Waals surface area contributed by atoms with Gasteiger partial charge in [0.25, 0.3) is 0 Å². The van der Waals surface area contributed by atoms with Crippen molar-refractivity contribution >= 4 is 5.78 Å². The number of carbonyl (C=O) groups excluding carboxylic acids is 1. The molecule has 0 spiro atoms. The Kier molecular flexibility index (Phi) is 4.75. The predicted octanol–water partition coefficient (Wildman–Crippen LogP) is 3.27. The van der Waals surface area contributed by atoms with Crippen LogP contribution in [-0.4, -0.2) is 19.0 Å². The van der Waals surface area contributed by atoms with Crippen LogP contribution in [0.2, 0.25) is 0 Å². The molecule has 1 aromatic carbocycles. The van der Waals surface area contributed by atoms with E-state index in [4.69, 9.17) is 4.74 Å². The highest BCUT2D eigenvalue weighted by atomic mass is 19.1. The smallest absolute Gasteiger partial charge is 0.168 e. The molecule has 94 valence electrons. The number of hydrogen-bond donors (Lipinski definition) is 0. The number of carbonyl (C=O) groups is 1. The summed E-state index contributed by atoms with van der Waals surface area (Å²) in [6, 6.07) is 2.44. The van der Waals surface area contributed by atoms with E-state index in [0.29, 0.717) is 6.42 Å². The lowest BCUT2D eigenvalue weighted by Gasteiger charge is -2.09. The minimum absolute atomic E-state index is 0.0757. The first kappa shape index (κ1) is 13.8. The Morgan fingerprint density at radius 2 is 2.06 bits per heavy atom. The molecule has 0 N–H and O–H groups in total. The van der Waals surface area contributed by atoms with Gasteiger partial charge in [-0.2, -0.15) is 0 Å². The Labute approximate surface area is 99.6 Å². The normalized spacial score (nSPS) is 12.5. The highest BCUT2D eigenvalue weighted by Crippen LogP contribution is 2.19. The molecule has 0 aromatic heterocycles. The van der Waals surface area contributed by atoms with Crippen molar-refractivity contribution in [3.63, 3.8) is 0 Å². The number of benzene rings is 1. The van der Waals surface area contributed by atoms with Crippen molar-refractivity contribution in [3.05, 3.63) is 34.9 Å². The third kappa shape index (κ3) is 3.33. The molecule has 4 heteroatoms.